The number of nitrogens with one attached hydrogen (secondary N) is 1. The van der Waals surface area contributed by atoms with Gasteiger partial charge in [-0.15, -0.1) is 0 Å². The molecule has 0 spiro atoms. The molecule has 30 heavy (non-hydrogen) atoms. The Morgan fingerprint density at radius 1 is 1.27 bits per heavy atom. The van der Waals surface area contributed by atoms with Crippen LogP contribution in [0.5, 0.6) is 0 Å². The molecule has 0 radical (unpaired) electrons. The fraction of sp³-hybridized carbons (Fsp3) is 0.348. The van der Waals surface area contributed by atoms with Gasteiger partial charge >= 0.3 is 12.1 Å². The molecule has 7 heteroatoms. The molecule has 1 aliphatic rings. The van der Waals surface area contributed by atoms with Crippen molar-refractivity contribution in [3.8, 4) is 0 Å². The summed E-state index contributed by atoms with van der Waals surface area (Å²) in [6, 6.07) is 10.8. The van der Waals surface area contributed by atoms with Gasteiger partial charge in [-0.1, -0.05) is 44.0 Å². The molecule has 2 aromatic heterocycles. The number of aromatic nitrogens is 2. The second-order valence-corrected chi connectivity index (χ2v) is 7.62. The number of pyridine rings is 1. The van der Waals surface area contributed by atoms with Crippen molar-refractivity contribution in [2.24, 2.45) is 0 Å². The van der Waals surface area contributed by atoms with Crippen LogP contribution in [0.1, 0.15) is 59.5 Å². The van der Waals surface area contributed by atoms with Crippen molar-refractivity contribution in [1.29, 1.82) is 0 Å². The summed E-state index contributed by atoms with van der Waals surface area (Å²) >= 11 is 0. The number of hydrogen-bond acceptors (Lipinski definition) is 4. The SMILES string of the molecule is CCCC[C@H]1Cc2c([nH]c3ccccc23)[C@H](c2ccc(C(=O)OC)nc2)N1C(=O)O. The summed E-state index contributed by atoms with van der Waals surface area (Å²) in [4.78, 5) is 33.4. The molecule has 3 aromatic rings. The Bertz CT molecular complexity index is 1070. The molecule has 0 aliphatic carbocycles. The maximum atomic E-state index is 12.4. The number of amides is 1. The van der Waals surface area contributed by atoms with Crippen molar-refractivity contribution in [3.05, 3.63) is 65.1 Å². The Hall–Kier alpha value is -3.35. The van der Waals surface area contributed by atoms with Gasteiger partial charge in [-0.3, -0.25) is 4.90 Å². The van der Waals surface area contributed by atoms with Gasteiger partial charge in [0.05, 0.1) is 7.11 Å². The predicted octanol–water partition coefficient (Wildman–Crippen LogP) is 4.53. The van der Waals surface area contributed by atoms with E-state index >= 15 is 0 Å². The van der Waals surface area contributed by atoms with Crippen molar-refractivity contribution in [3.63, 3.8) is 0 Å². The van der Waals surface area contributed by atoms with E-state index in [0.717, 1.165) is 47.0 Å². The highest BCUT2D eigenvalue weighted by Gasteiger charge is 2.40. The number of ether oxygens (including phenoxy) is 1. The first kappa shape index (κ1) is 19.9. The van der Waals surface area contributed by atoms with Crippen LogP contribution in [-0.2, 0) is 11.2 Å². The zero-order valence-corrected chi connectivity index (χ0v) is 17.1. The highest BCUT2D eigenvalue weighted by atomic mass is 16.5. The van der Waals surface area contributed by atoms with Gasteiger partial charge in [0.25, 0.3) is 0 Å². The second kappa shape index (κ2) is 8.18. The average Bonchev–Trinajstić information content (AvgIpc) is 3.14. The summed E-state index contributed by atoms with van der Waals surface area (Å²) in [5.41, 5.74) is 3.94. The van der Waals surface area contributed by atoms with Crippen LogP contribution in [0.2, 0.25) is 0 Å². The van der Waals surface area contributed by atoms with Gasteiger partial charge in [0.15, 0.2) is 0 Å². The highest BCUT2D eigenvalue weighted by molar-refractivity contribution is 5.87. The van der Waals surface area contributed by atoms with Crippen LogP contribution in [0.25, 0.3) is 10.9 Å². The first-order chi connectivity index (χ1) is 14.5. The molecular weight excluding hydrogens is 382 g/mol. The van der Waals surface area contributed by atoms with Crippen LogP contribution in [0.3, 0.4) is 0 Å². The zero-order valence-electron chi connectivity index (χ0n) is 17.1. The number of esters is 1. The lowest BCUT2D eigenvalue weighted by molar-refractivity contribution is 0.0593. The van der Waals surface area contributed by atoms with Gasteiger partial charge in [0.1, 0.15) is 11.7 Å². The number of fused-ring (bicyclic) bond motifs is 3. The lowest BCUT2D eigenvalue weighted by atomic mass is 9.87. The van der Waals surface area contributed by atoms with E-state index in [4.69, 9.17) is 4.74 Å². The fourth-order valence-electron chi connectivity index (χ4n) is 4.43. The van der Waals surface area contributed by atoms with Crippen LogP contribution in [0.4, 0.5) is 4.79 Å². The first-order valence-electron chi connectivity index (χ1n) is 10.2. The van der Waals surface area contributed by atoms with Crippen LogP contribution >= 0.6 is 0 Å². The molecule has 2 N–H and O–H groups in total. The standard InChI is InChI=1S/C23H25N3O4/c1-3-4-7-15-12-17-16-8-5-6-9-18(16)25-20(17)21(26(15)23(28)29)14-10-11-19(24-13-14)22(27)30-2/h5-6,8-11,13,15,21,25H,3-4,7,12H2,1-2H3,(H,28,29)/t15-,21-/m0/s1. The average molecular weight is 407 g/mol. The second-order valence-electron chi connectivity index (χ2n) is 7.62. The molecule has 3 heterocycles. The Balaban J connectivity index is 1.86. The molecule has 2 atom stereocenters. The van der Waals surface area contributed by atoms with Gasteiger partial charge in [0.2, 0.25) is 0 Å². The number of carboxylic acid groups (broad SMARTS) is 1. The third-order valence-corrected chi connectivity index (χ3v) is 5.84. The number of benzene rings is 1. The number of nitrogens with zero attached hydrogens (tertiary/aromatic N) is 2. The van der Waals surface area contributed by atoms with Gasteiger partial charge in [-0.05, 0) is 36.1 Å². The summed E-state index contributed by atoms with van der Waals surface area (Å²) < 4.78 is 4.73. The molecule has 1 aromatic carbocycles. The summed E-state index contributed by atoms with van der Waals surface area (Å²) in [5.74, 6) is -0.521. The van der Waals surface area contributed by atoms with Crippen molar-refractivity contribution in [2.75, 3.05) is 7.11 Å². The monoisotopic (exact) mass is 407 g/mol. The smallest absolute Gasteiger partial charge is 0.408 e. The number of unbranched alkanes of at least 4 members (excludes halogenated alkanes) is 1. The zero-order chi connectivity index (χ0) is 21.3. The number of aromatic amines is 1. The largest absolute Gasteiger partial charge is 0.465 e. The van der Waals surface area contributed by atoms with E-state index in [9.17, 15) is 14.7 Å². The van der Waals surface area contributed by atoms with E-state index in [1.807, 2.05) is 18.2 Å². The quantitative estimate of drug-likeness (QED) is 0.606. The van der Waals surface area contributed by atoms with Crippen LogP contribution in [0, 0.1) is 0 Å². The summed E-state index contributed by atoms with van der Waals surface area (Å²) in [5, 5.41) is 11.3. The van der Waals surface area contributed by atoms with Crippen molar-refractivity contribution < 1.29 is 19.4 Å². The minimum Gasteiger partial charge on any atom is -0.465 e. The predicted molar refractivity (Wildman–Crippen MR) is 113 cm³/mol. The molecule has 0 fully saturated rings. The van der Waals surface area contributed by atoms with E-state index in [0.29, 0.717) is 6.42 Å². The van der Waals surface area contributed by atoms with E-state index in [2.05, 4.69) is 23.0 Å². The minimum absolute atomic E-state index is 0.126. The Kier molecular flexibility index (Phi) is 5.44. The molecule has 0 unspecified atom stereocenters. The number of carbonyl (C=O) groups is 2. The van der Waals surface area contributed by atoms with Gasteiger partial charge in [-0.2, -0.15) is 0 Å². The molecule has 1 amide bonds. The third kappa shape index (κ3) is 3.40. The number of H-pyrrole nitrogens is 1. The molecular formula is C23H25N3O4. The highest BCUT2D eigenvalue weighted by Crippen LogP contribution is 2.41. The summed E-state index contributed by atoms with van der Waals surface area (Å²) in [6.07, 6.45) is 4.05. The molecule has 1 aliphatic heterocycles. The number of methoxy groups -OCH3 is 1. The van der Waals surface area contributed by atoms with Crippen LogP contribution in [-0.4, -0.2) is 45.2 Å². The molecule has 0 saturated heterocycles. The van der Waals surface area contributed by atoms with Gasteiger partial charge in [0, 0.05) is 28.8 Å². The maximum Gasteiger partial charge on any atom is 0.408 e. The third-order valence-electron chi connectivity index (χ3n) is 5.84. The van der Waals surface area contributed by atoms with E-state index < -0.39 is 18.1 Å². The van der Waals surface area contributed by atoms with E-state index in [1.54, 1.807) is 23.2 Å². The van der Waals surface area contributed by atoms with Crippen molar-refractivity contribution >= 4 is 23.0 Å². The molecule has 156 valence electrons. The van der Waals surface area contributed by atoms with Gasteiger partial charge < -0.3 is 14.8 Å². The van der Waals surface area contributed by atoms with Gasteiger partial charge in [-0.25, -0.2) is 14.6 Å². The fourth-order valence-corrected chi connectivity index (χ4v) is 4.43. The number of carbonyl (C=O) groups excluding carboxylic acids is 1. The first-order valence-corrected chi connectivity index (χ1v) is 10.2. The summed E-state index contributed by atoms with van der Waals surface area (Å²) in [7, 11) is 1.31. The van der Waals surface area contributed by atoms with Crippen molar-refractivity contribution in [1.82, 2.24) is 14.9 Å². The topological polar surface area (TPSA) is 95.5 Å². The normalized spacial score (nSPS) is 18.3. The Labute approximate surface area is 174 Å². The van der Waals surface area contributed by atoms with Crippen LogP contribution in [0.15, 0.2) is 42.6 Å². The van der Waals surface area contributed by atoms with E-state index in [1.165, 1.54) is 7.11 Å². The summed E-state index contributed by atoms with van der Waals surface area (Å²) in [6.45, 7) is 2.11. The van der Waals surface area contributed by atoms with Crippen molar-refractivity contribution in [2.45, 2.75) is 44.7 Å². The molecule has 4 rings (SSSR count). The number of hydrogen-bond donors (Lipinski definition) is 2. The minimum atomic E-state index is -0.956. The Morgan fingerprint density at radius 2 is 2.07 bits per heavy atom. The van der Waals surface area contributed by atoms with Crippen LogP contribution < -0.4 is 0 Å². The molecule has 0 bridgehead atoms. The maximum absolute atomic E-state index is 12.4. The Morgan fingerprint density at radius 3 is 2.73 bits per heavy atom. The lowest BCUT2D eigenvalue weighted by Gasteiger charge is -2.40. The molecule has 0 saturated carbocycles. The van der Waals surface area contributed by atoms with E-state index in [-0.39, 0.29) is 11.7 Å². The number of para-hydroxylation sites is 1. The lowest BCUT2D eigenvalue weighted by Crippen LogP contribution is -2.47. The molecule has 7 nitrogen and oxygen atoms in total. The number of rotatable bonds is 5.